The van der Waals surface area contributed by atoms with Gasteiger partial charge in [-0.2, -0.15) is 0 Å². The van der Waals surface area contributed by atoms with Crippen LogP contribution in [0.3, 0.4) is 0 Å². The van der Waals surface area contributed by atoms with Gasteiger partial charge in [-0.3, -0.25) is 43.2 Å². The summed E-state index contributed by atoms with van der Waals surface area (Å²) in [6.45, 7) is 11.1. The summed E-state index contributed by atoms with van der Waals surface area (Å²) < 4.78 is 0. The molecule has 1 aliphatic rings. The molecule has 444 valence electrons. The van der Waals surface area contributed by atoms with E-state index in [9.17, 15) is 38.4 Å². The van der Waals surface area contributed by atoms with Crippen molar-refractivity contribution in [2.75, 3.05) is 13.1 Å². The van der Waals surface area contributed by atoms with Crippen LogP contribution in [-0.2, 0) is 62.4 Å². The van der Waals surface area contributed by atoms with E-state index in [1.54, 1.807) is 13.1 Å². The second-order valence-corrected chi connectivity index (χ2v) is 22.2. The molecule has 13 N–H and O–H groups in total. The molecule has 9 amide bonds. The summed E-state index contributed by atoms with van der Waals surface area (Å²) in [5.41, 5.74) is 15.9. The first-order valence-electron chi connectivity index (χ1n) is 28.7. The van der Waals surface area contributed by atoms with E-state index in [0.29, 0.717) is 24.8 Å². The van der Waals surface area contributed by atoms with Crippen LogP contribution in [0.15, 0.2) is 91.3 Å². The average Bonchev–Trinajstić information content (AvgIpc) is 4.48. The standard InChI is InChI=1S/C62H82N12O9/c1-8-28-65-56(77)48(30-36(4)5)69-57(78)47(26-27-52(64)75)68-60(81)54(38(7)10-3)73-58(79)49(33-41-35-67-46-24-17-15-22-43(41)46)70-59(80)51-25-18-29-74(51)62(83)50(31-39-19-12-11-13-20-39)71-61(82)53(37(6)9-2)72-55(76)44(63)32-40-34-66-45-23-16-14-21-42(40)45/h1,11-17,19-24,34-38,44,47-51,53-54,66-67H,9-10,18,25-33,63H2,2-7H3,(H2,64,75)(H,65,77)(H,68,81)(H,69,78)(H,70,80)(H,71,82)(H,72,76)(H,73,79)/t37?,38-,44-,47-,48-,49-,50-,51-,53-,54?/m0/s1. The first-order chi connectivity index (χ1) is 39.7. The molecule has 0 bridgehead atoms. The molecule has 21 nitrogen and oxygen atoms in total. The van der Waals surface area contributed by atoms with E-state index >= 15 is 4.79 Å². The Morgan fingerprint density at radius 3 is 1.72 bits per heavy atom. The molecule has 1 aliphatic heterocycles. The van der Waals surface area contributed by atoms with Crippen LogP contribution in [0.4, 0.5) is 0 Å². The summed E-state index contributed by atoms with van der Waals surface area (Å²) in [7, 11) is 0. The zero-order valence-corrected chi connectivity index (χ0v) is 48.3. The summed E-state index contributed by atoms with van der Waals surface area (Å²) in [5.74, 6) is -4.51. The number of carbonyl (C=O) groups excluding carboxylic acids is 9. The molecule has 2 unspecified atom stereocenters. The zero-order valence-electron chi connectivity index (χ0n) is 48.3. The normalized spacial score (nSPS) is 16.4. The van der Waals surface area contributed by atoms with Gasteiger partial charge in [-0.25, -0.2) is 0 Å². The van der Waals surface area contributed by atoms with Crippen molar-refractivity contribution in [2.45, 2.75) is 154 Å². The van der Waals surface area contributed by atoms with Crippen LogP contribution in [0.5, 0.6) is 0 Å². The number of nitrogens with one attached hydrogen (secondary N) is 9. The summed E-state index contributed by atoms with van der Waals surface area (Å²) >= 11 is 0. The lowest BCUT2D eigenvalue weighted by atomic mass is 9.96. The minimum absolute atomic E-state index is 0.0388. The molecular weight excluding hydrogens is 1060 g/mol. The van der Waals surface area contributed by atoms with Gasteiger partial charge in [-0.05, 0) is 78.7 Å². The minimum atomic E-state index is -1.36. The van der Waals surface area contributed by atoms with Gasteiger partial charge in [0.05, 0.1) is 12.6 Å². The second-order valence-electron chi connectivity index (χ2n) is 22.2. The summed E-state index contributed by atoms with van der Waals surface area (Å²) in [6, 6.07) is 14.8. The van der Waals surface area contributed by atoms with Crippen molar-refractivity contribution in [3.05, 3.63) is 108 Å². The van der Waals surface area contributed by atoms with E-state index in [0.717, 1.165) is 32.9 Å². The molecule has 2 aromatic heterocycles. The number of hydrogen-bond acceptors (Lipinski definition) is 10. The van der Waals surface area contributed by atoms with E-state index in [1.807, 2.05) is 120 Å². The van der Waals surface area contributed by atoms with Crippen molar-refractivity contribution in [3.8, 4) is 12.3 Å². The summed E-state index contributed by atoms with van der Waals surface area (Å²) in [5, 5.41) is 21.3. The topological polar surface area (TPSA) is 325 Å². The molecule has 3 aromatic carbocycles. The number of H-pyrrole nitrogens is 2. The van der Waals surface area contributed by atoms with Crippen LogP contribution in [-0.4, -0.2) is 129 Å². The predicted molar refractivity (Wildman–Crippen MR) is 317 cm³/mol. The van der Waals surface area contributed by atoms with Crippen LogP contribution < -0.4 is 48.7 Å². The summed E-state index contributed by atoms with van der Waals surface area (Å²) in [6.07, 6.45) is 10.3. The lowest BCUT2D eigenvalue weighted by Crippen LogP contribution is -2.61. The highest BCUT2D eigenvalue weighted by Gasteiger charge is 2.41. The van der Waals surface area contributed by atoms with Crippen LogP contribution in [0.2, 0.25) is 0 Å². The van der Waals surface area contributed by atoms with Gasteiger partial charge in [0.1, 0.15) is 42.3 Å². The first kappa shape index (κ1) is 63.7. The quantitative estimate of drug-likeness (QED) is 0.0299. The molecule has 10 atom stereocenters. The maximum Gasteiger partial charge on any atom is 0.246 e. The average molecular weight is 1140 g/mol. The molecule has 3 heterocycles. The lowest BCUT2D eigenvalue weighted by Gasteiger charge is -2.32. The van der Waals surface area contributed by atoms with Crippen molar-refractivity contribution in [1.29, 1.82) is 0 Å². The van der Waals surface area contributed by atoms with Gasteiger partial charge in [0.2, 0.25) is 53.2 Å². The Morgan fingerprint density at radius 2 is 1.16 bits per heavy atom. The smallest absolute Gasteiger partial charge is 0.246 e. The molecule has 83 heavy (non-hydrogen) atoms. The highest BCUT2D eigenvalue weighted by atomic mass is 16.2. The molecule has 0 aliphatic carbocycles. The van der Waals surface area contributed by atoms with Gasteiger partial charge in [0, 0.05) is 60.0 Å². The van der Waals surface area contributed by atoms with Crippen LogP contribution in [0.1, 0.15) is 103 Å². The highest BCUT2D eigenvalue weighted by molar-refractivity contribution is 5.99. The number of benzene rings is 3. The number of fused-ring (bicyclic) bond motifs is 2. The number of likely N-dealkylation sites (tertiary alicyclic amines) is 1. The number of para-hydroxylation sites is 2. The van der Waals surface area contributed by atoms with Gasteiger partial charge >= 0.3 is 0 Å². The summed E-state index contributed by atoms with van der Waals surface area (Å²) in [4.78, 5) is 134. The maximum absolute atomic E-state index is 15.0. The minimum Gasteiger partial charge on any atom is -0.370 e. The Bertz CT molecular complexity index is 3110. The van der Waals surface area contributed by atoms with Crippen LogP contribution >= 0.6 is 0 Å². The number of nitrogens with zero attached hydrogens (tertiary/aromatic N) is 1. The first-order valence-corrected chi connectivity index (χ1v) is 28.7. The molecule has 6 rings (SSSR count). The number of rotatable bonds is 30. The van der Waals surface area contributed by atoms with Gasteiger partial charge in [-0.1, -0.05) is 127 Å². The number of hydrogen-bond donors (Lipinski definition) is 11. The molecule has 1 saturated heterocycles. The lowest BCUT2D eigenvalue weighted by molar-refractivity contribution is -0.142. The number of aromatic amines is 2. The predicted octanol–water partition coefficient (Wildman–Crippen LogP) is 3.06. The van der Waals surface area contributed by atoms with E-state index in [-0.39, 0.29) is 69.9 Å². The molecule has 0 radical (unpaired) electrons. The van der Waals surface area contributed by atoms with Crippen LogP contribution in [0, 0.1) is 30.1 Å². The van der Waals surface area contributed by atoms with Crippen molar-refractivity contribution in [2.24, 2.45) is 29.2 Å². The number of carbonyl (C=O) groups is 9. The van der Waals surface area contributed by atoms with Gasteiger partial charge in [0.25, 0.3) is 0 Å². The Labute approximate surface area is 485 Å². The van der Waals surface area contributed by atoms with E-state index in [4.69, 9.17) is 17.9 Å². The SMILES string of the molecule is C#CCNC(=O)[C@H](CC(C)C)NC(=O)[C@H](CCC(N)=O)NC(=O)C(NC(=O)[C@H](Cc1c[nH]c2ccccc12)NC(=O)[C@@H]1CCCN1C(=O)[C@H](Cc1ccccc1)NC(=O)[C@@H](NC(=O)[C@@H](N)Cc1c[nH]c2ccccc12)C(C)CC)[C@@H](C)CC. The fraction of sp³-hybridized carbons (Fsp3) is 0.468. The van der Waals surface area contributed by atoms with Crippen molar-refractivity contribution >= 4 is 75.0 Å². The highest BCUT2D eigenvalue weighted by Crippen LogP contribution is 2.24. The third-order valence-corrected chi connectivity index (χ3v) is 15.5. The Kier molecular flexibility index (Phi) is 23.4. The van der Waals surface area contributed by atoms with E-state index in [1.165, 1.54) is 4.90 Å². The van der Waals surface area contributed by atoms with E-state index in [2.05, 4.69) is 53.1 Å². The van der Waals surface area contributed by atoms with Crippen LogP contribution in [0.25, 0.3) is 21.8 Å². The second kappa shape index (κ2) is 30.5. The maximum atomic E-state index is 15.0. The van der Waals surface area contributed by atoms with E-state index < -0.39 is 107 Å². The van der Waals surface area contributed by atoms with Gasteiger partial charge in [0.15, 0.2) is 0 Å². The molecule has 21 heteroatoms. The Hall–Kier alpha value is -8.51. The molecule has 5 aromatic rings. The number of amides is 9. The fourth-order valence-electron chi connectivity index (χ4n) is 10.4. The third-order valence-electron chi connectivity index (χ3n) is 15.5. The Morgan fingerprint density at radius 1 is 0.627 bits per heavy atom. The van der Waals surface area contributed by atoms with Crippen molar-refractivity contribution < 1.29 is 43.2 Å². The molecule has 1 fully saturated rings. The fourth-order valence-corrected chi connectivity index (χ4v) is 10.4. The Balaban J connectivity index is 1.24. The molecular formula is C62H82N12O9. The van der Waals surface area contributed by atoms with Crippen molar-refractivity contribution in [1.82, 2.24) is 52.1 Å². The monoisotopic (exact) mass is 1140 g/mol. The third kappa shape index (κ3) is 17.5. The number of nitrogens with two attached hydrogens (primary N) is 2. The van der Waals surface area contributed by atoms with Crippen molar-refractivity contribution in [3.63, 3.8) is 0 Å². The van der Waals surface area contributed by atoms with Gasteiger partial charge < -0.3 is 63.6 Å². The molecule has 0 spiro atoms. The molecule has 0 saturated carbocycles. The number of aromatic nitrogens is 2. The largest absolute Gasteiger partial charge is 0.370 e. The van der Waals surface area contributed by atoms with Gasteiger partial charge in [-0.15, -0.1) is 6.42 Å². The number of terminal acetylenes is 1. The number of primary amides is 1. The zero-order chi connectivity index (χ0) is 60.3.